The van der Waals surface area contributed by atoms with Crippen molar-refractivity contribution in [3.63, 3.8) is 0 Å². The van der Waals surface area contributed by atoms with Crippen LogP contribution in [0.15, 0.2) is 46.1 Å². The molecule has 0 spiro atoms. The monoisotopic (exact) mass is 436 g/mol. The van der Waals surface area contributed by atoms with Gasteiger partial charge in [-0.2, -0.15) is 0 Å². The summed E-state index contributed by atoms with van der Waals surface area (Å²) in [6.07, 6.45) is 4.10. The van der Waals surface area contributed by atoms with Gasteiger partial charge >= 0.3 is 5.97 Å². The van der Waals surface area contributed by atoms with Gasteiger partial charge in [0.05, 0.1) is 5.69 Å². The Labute approximate surface area is 181 Å². The van der Waals surface area contributed by atoms with Crippen LogP contribution < -0.4 is 5.43 Å². The van der Waals surface area contributed by atoms with Crippen LogP contribution in [0, 0.1) is 5.41 Å². The average molecular weight is 437 g/mol. The highest BCUT2D eigenvalue weighted by molar-refractivity contribution is 7.19. The number of carboxylic acid groups (broad SMARTS) is 1. The highest BCUT2D eigenvalue weighted by Crippen LogP contribution is 2.48. The SMILES string of the molecule is CC(C)(C)[C@@H]1Cc2c(cc(-c3nccs3)c3sccc23)-c2cc(=O)c(C(=O)O)cn21. The summed E-state index contributed by atoms with van der Waals surface area (Å²) in [6, 6.07) is 5.80. The van der Waals surface area contributed by atoms with Crippen LogP contribution >= 0.6 is 22.7 Å². The van der Waals surface area contributed by atoms with Gasteiger partial charge in [0.1, 0.15) is 10.6 Å². The molecule has 1 aliphatic rings. The van der Waals surface area contributed by atoms with Crippen molar-refractivity contribution in [1.82, 2.24) is 9.55 Å². The van der Waals surface area contributed by atoms with Crippen LogP contribution in [0.25, 0.3) is 31.9 Å². The Morgan fingerprint density at radius 2 is 2.00 bits per heavy atom. The molecule has 1 atom stereocenters. The number of thiazole rings is 1. The van der Waals surface area contributed by atoms with E-state index < -0.39 is 11.4 Å². The third-order valence-electron chi connectivity index (χ3n) is 5.83. The molecule has 0 unspecified atom stereocenters. The summed E-state index contributed by atoms with van der Waals surface area (Å²) < 4.78 is 3.20. The number of thiophene rings is 1. The van der Waals surface area contributed by atoms with Gasteiger partial charge < -0.3 is 9.67 Å². The van der Waals surface area contributed by atoms with E-state index in [-0.39, 0.29) is 17.0 Å². The van der Waals surface area contributed by atoms with Crippen molar-refractivity contribution in [3.05, 3.63) is 62.7 Å². The molecule has 0 amide bonds. The molecule has 0 aliphatic carbocycles. The molecule has 1 N–H and O–H groups in total. The number of hydrogen-bond acceptors (Lipinski definition) is 5. The maximum absolute atomic E-state index is 12.6. The van der Waals surface area contributed by atoms with Gasteiger partial charge in [0.15, 0.2) is 5.43 Å². The molecule has 0 radical (unpaired) electrons. The number of benzene rings is 1. The molecule has 4 heterocycles. The lowest BCUT2D eigenvalue weighted by molar-refractivity contribution is 0.0693. The molecule has 152 valence electrons. The number of fused-ring (bicyclic) bond motifs is 5. The molecule has 0 bridgehead atoms. The van der Waals surface area contributed by atoms with Gasteiger partial charge in [-0.05, 0) is 40.3 Å². The van der Waals surface area contributed by atoms with E-state index in [1.54, 1.807) is 28.9 Å². The Morgan fingerprint density at radius 1 is 1.20 bits per heavy atom. The van der Waals surface area contributed by atoms with Gasteiger partial charge in [-0.25, -0.2) is 9.78 Å². The molecule has 5 nitrogen and oxygen atoms in total. The minimum absolute atomic E-state index is 0.0347. The first kappa shape index (κ1) is 19.2. The number of pyridine rings is 1. The zero-order chi connectivity index (χ0) is 21.2. The summed E-state index contributed by atoms with van der Waals surface area (Å²) in [5, 5.41) is 15.7. The second kappa shape index (κ2) is 6.62. The number of rotatable bonds is 2. The zero-order valence-corrected chi connectivity index (χ0v) is 18.4. The van der Waals surface area contributed by atoms with E-state index in [4.69, 9.17) is 0 Å². The zero-order valence-electron chi connectivity index (χ0n) is 16.8. The van der Waals surface area contributed by atoms with E-state index in [0.717, 1.165) is 28.2 Å². The number of aromatic nitrogens is 2. The Hall–Kier alpha value is -2.77. The topological polar surface area (TPSA) is 72.2 Å². The van der Waals surface area contributed by atoms with E-state index in [1.165, 1.54) is 27.9 Å². The van der Waals surface area contributed by atoms with E-state index in [9.17, 15) is 14.7 Å². The summed E-state index contributed by atoms with van der Waals surface area (Å²) >= 11 is 3.29. The van der Waals surface area contributed by atoms with Crippen LogP contribution in [0.2, 0.25) is 0 Å². The predicted molar refractivity (Wildman–Crippen MR) is 122 cm³/mol. The fourth-order valence-corrected chi connectivity index (χ4v) is 6.03. The summed E-state index contributed by atoms with van der Waals surface area (Å²) in [7, 11) is 0. The van der Waals surface area contributed by atoms with Gasteiger partial charge in [-0.1, -0.05) is 20.8 Å². The molecule has 0 fully saturated rings. The Morgan fingerprint density at radius 3 is 2.67 bits per heavy atom. The van der Waals surface area contributed by atoms with E-state index in [0.29, 0.717) is 0 Å². The van der Waals surface area contributed by atoms with Gasteiger partial charge in [0.2, 0.25) is 0 Å². The molecule has 4 aromatic rings. The van der Waals surface area contributed by atoms with Crippen LogP contribution in [0.5, 0.6) is 0 Å². The number of carboxylic acids is 1. The van der Waals surface area contributed by atoms with Gasteiger partial charge in [0.25, 0.3) is 0 Å². The lowest BCUT2D eigenvalue weighted by Crippen LogP contribution is -2.32. The fourth-order valence-electron chi connectivity index (χ4n) is 4.36. The lowest BCUT2D eigenvalue weighted by Gasteiger charge is -2.39. The molecule has 0 saturated heterocycles. The Kier molecular flexibility index (Phi) is 4.24. The standard InChI is InChI=1S/C23H20N2O3S2/c1-23(2,3)19-9-13-12-4-6-29-20(12)15(21-24-5-7-30-21)8-14(13)17-10-18(26)16(22(27)28)11-25(17)19/h4-8,10-11,19H,9H2,1-3H3,(H,27,28)/t19-/m0/s1. The predicted octanol–water partition coefficient (Wildman–Crippen LogP) is 5.70. The Bertz CT molecular complexity index is 1360. The first-order valence-electron chi connectivity index (χ1n) is 9.68. The highest BCUT2D eigenvalue weighted by atomic mass is 32.1. The van der Waals surface area contributed by atoms with Crippen LogP contribution in [0.3, 0.4) is 0 Å². The van der Waals surface area contributed by atoms with Crippen molar-refractivity contribution in [1.29, 1.82) is 0 Å². The highest BCUT2D eigenvalue weighted by Gasteiger charge is 2.35. The average Bonchev–Trinajstić information content (AvgIpc) is 3.37. The molecule has 30 heavy (non-hydrogen) atoms. The summed E-state index contributed by atoms with van der Waals surface area (Å²) in [5.41, 5.74) is 3.27. The van der Waals surface area contributed by atoms with Crippen molar-refractivity contribution < 1.29 is 9.90 Å². The summed E-state index contributed by atoms with van der Waals surface area (Å²) in [6.45, 7) is 6.46. The summed E-state index contributed by atoms with van der Waals surface area (Å²) in [4.78, 5) is 28.8. The van der Waals surface area contributed by atoms with Gasteiger partial charge in [0, 0.05) is 45.7 Å². The van der Waals surface area contributed by atoms with E-state index in [1.807, 2.05) is 9.95 Å². The number of hydrogen-bond donors (Lipinski definition) is 1. The Balaban J connectivity index is 1.88. The largest absolute Gasteiger partial charge is 0.477 e. The minimum Gasteiger partial charge on any atom is -0.477 e. The summed E-state index contributed by atoms with van der Waals surface area (Å²) in [5.74, 6) is -1.19. The van der Waals surface area contributed by atoms with E-state index in [2.05, 4.69) is 43.3 Å². The van der Waals surface area contributed by atoms with Crippen molar-refractivity contribution in [2.75, 3.05) is 0 Å². The minimum atomic E-state index is -1.19. The smallest absolute Gasteiger partial charge is 0.341 e. The number of nitrogens with zero attached hydrogens (tertiary/aromatic N) is 2. The number of aromatic carboxylic acids is 1. The first-order chi connectivity index (χ1) is 14.3. The third kappa shape index (κ3) is 2.84. The maximum Gasteiger partial charge on any atom is 0.341 e. The fraction of sp³-hybridized carbons (Fsp3) is 0.261. The molecule has 7 heteroatoms. The molecular formula is C23H20N2O3S2. The second-order valence-electron chi connectivity index (χ2n) is 8.69. The first-order valence-corrected chi connectivity index (χ1v) is 11.4. The molecule has 0 saturated carbocycles. The van der Waals surface area contributed by atoms with Crippen LogP contribution in [-0.2, 0) is 6.42 Å². The molecule has 1 aliphatic heterocycles. The lowest BCUT2D eigenvalue weighted by atomic mass is 9.77. The van der Waals surface area contributed by atoms with Crippen LogP contribution in [0.4, 0.5) is 0 Å². The van der Waals surface area contributed by atoms with Crippen LogP contribution in [-0.4, -0.2) is 20.6 Å². The van der Waals surface area contributed by atoms with Crippen molar-refractivity contribution in [2.24, 2.45) is 5.41 Å². The van der Waals surface area contributed by atoms with Crippen molar-refractivity contribution in [3.8, 4) is 21.8 Å². The van der Waals surface area contributed by atoms with Crippen molar-refractivity contribution >= 4 is 38.7 Å². The normalized spacial score (nSPS) is 15.8. The van der Waals surface area contributed by atoms with Crippen molar-refractivity contribution in [2.45, 2.75) is 33.2 Å². The number of carbonyl (C=O) groups is 1. The second-order valence-corrected chi connectivity index (χ2v) is 10.5. The molecule has 5 rings (SSSR count). The third-order valence-corrected chi connectivity index (χ3v) is 7.58. The van der Waals surface area contributed by atoms with Gasteiger partial charge in [-0.3, -0.25) is 4.79 Å². The molecule has 3 aromatic heterocycles. The van der Waals surface area contributed by atoms with E-state index >= 15 is 0 Å². The van der Waals surface area contributed by atoms with Gasteiger partial charge in [-0.15, -0.1) is 22.7 Å². The molecule has 1 aromatic carbocycles. The maximum atomic E-state index is 12.6. The molecular weight excluding hydrogens is 416 g/mol. The van der Waals surface area contributed by atoms with Crippen LogP contribution in [0.1, 0.15) is 42.7 Å². The quantitative estimate of drug-likeness (QED) is 0.438.